The number of aryl methyl sites for hydroxylation is 1. The van der Waals surface area contributed by atoms with Crippen LogP contribution in [0.25, 0.3) is 0 Å². The highest BCUT2D eigenvalue weighted by Crippen LogP contribution is 2.34. The molecule has 150 valence electrons. The van der Waals surface area contributed by atoms with Crippen LogP contribution in [0, 0.1) is 5.41 Å². The average Bonchev–Trinajstić information content (AvgIpc) is 2.69. The second-order valence-electron chi connectivity index (χ2n) is 7.29. The number of halogens is 1. The Bertz CT molecular complexity index is 936. The number of sulfonamides is 1. The smallest absolute Gasteiger partial charge is 0.244 e. The first-order valence-electron chi connectivity index (χ1n) is 9.27. The fraction of sp³-hybridized carbons (Fsp3) is 0.400. The Kier molecular flexibility index (Phi) is 6.07. The van der Waals surface area contributed by atoms with Gasteiger partial charge in [-0.3, -0.25) is 4.79 Å². The number of nitrogens with zero attached hydrogens (tertiary/aromatic N) is 2. The molecule has 0 spiro atoms. The van der Waals surface area contributed by atoms with Crippen LogP contribution in [-0.2, 0) is 21.2 Å². The first-order valence-corrected chi connectivity index (χ1v) is 11.1. The van der Waals surface area contributed by atoms with E-state index in [1.807, 2.05) is 31.2 Å². The molecule has 0 unspecified atom stereocenters. The molecule has 1 fully saturated rings. The van der Waals surface area contributed by atoms with Gasteiger partial charge in [-0.2, -0.15) is 4.31 Å². The number of hydrogen-bond acceptors (Lipinski definition) is 4. The van der Waals surface area contributed by atoms with E-state index in [1.54, 1.807) is 0 Å². The van der Waals surface area contributed by atoms with Crippen molar-refractivity contribution in [3.8, 4) is 0 Å². The summed E-state index contributed by atoms with van der Waals surface area (Å²) in [5.41, 5.74) is 1.35. The van der Waals surface area contributed by atoms with Crippen LogP contribution in [-0.4, -0.2) is 36.7 Å². The lowest BCUT2D eigenvalue weighted by Crippen LogP contribution is -2.46. The molecule has 28 heavy (non-hydrogen) atoms. The molecule has 3 rings (SSSR count). The SMILES string of the molecule is CCc1ccc(NC(=O)C2(C)CCN(S(=O)(=O)c3ccc(Cl)nc3)CC2)cc1. The van der Waals surface area contributed by atoms with Gasteiger partial charge >= 0.3 is 0 Å². The Morgan fingerprint density at radius 2 is 1.82 bits per heavy atom. The summed E-state index contributed by atoms with van der Waals surface area (Å²) in [6.07, 6.45) is 3.11. The van der Waals surface area contributed by atoms with E-state index >= 15 is 0 Å². The lowest BCUT2D eigenvalue weighted by Gasteiger charge is -2.37. The van der Waals surface area contributed by atoms with E-state index in [2.05, 4.69) is 17.2 Å². The minimum absolute atomic E-state index is 0.0815. The average molecular weight is 422 g/mol. The van der Waals surface area contributed by atoms with Crippen molar-refractivity contribution in [2.45, 2.75) is 38.0 Å². The zero-order valence-electron chi connectivity index (χ0n) is 16.0. The van der Waals surface area contributed by atoms with Gasteiger partial charge in [-0.15, -0.1) is 0 Å². The number of carbonyl (C=O) groups is 1. The maximum atomic E-state index is 12.8. The van der Waals surface area contributed by atoms with Crippen LogP contribution in [0.2, 0.25) is 5.15 Å². The van der Waals surface area contributed by atoms with Crippen LogP contribution in [0.15, 0.2) is 47.5 Å². The van der Waals surface area contributed by atoms with E-state index in [1.165, 1.54) is 28.2 Å². The molecule has 1 aliphatic heterocycles. The summed E-state index contributed by atoms with van der Waals surface area (Å²) in [6, 6.07) is 10.7. The first kappa shape index (κ1) is 20.8. The molecule has 2 heterocycles. The van der Waals surface area contributed by atoms with Crippen molar-refractivity contribution < 1.29 is 13.2 Å². The van der Waals surface area contributed by atoms with Crippen molar-refractivity contribution in [3.05, 3.63) is 53.3 Å². The molecule has 1 aromatic heterocycles. The number of anilines is 1. The molecule has 0 radical (unpaired) electrons. The molecular formula is C20H24ClN3O3S. The topological polar surface area (TPSA) is 79.4 Å². The molecule has 0 saturated carbocycles. The summed E-state index contributed by atoms with van der Waals surface area (Å²) < 4.78 is 27.0. The van der Waals surface area contributed by atoms with Crippen molar-refractivity contribution >= 4 is 33.2 Å². The summed E-state index contributed by atoms with van der Waals surface area (Å²) in [7, 11) is -3.64. The van der Waals surface area contributed by atoms with Crippen LogP contribution >= 0.6 is 11.6 Å². The van der Waals surface area contributed by atoms with Gasteiger partial charge in [0.25, 0.3) is 0 Å². The van der Waals surface area contributed by atoms with Gasteiger partial charge in [0.05, 0.1) is 0 Å². The molecule has 0 atom stereocenters. The number of aromatic nitrogens is 1. The Morgan fingerprint density at radius 3 is 2.36 bits per heavy atom. The van der Waals surface area contributed by atoms with Crippen LogP contribution in [0.1, 0.15) is 32.3 Å². The highest BCUT2D eigenvalue weighted by atomic mass is 35.5. The molecule has 2 aromatic rings. The zero-order valence-corrected chi connectivity index (χ0v) is 17.6. The number of piperidine rings is 1. The number of pyridine rings is 1. The van der Waals surface area contributed by atoms with Gasteiger partial charge in [-0.1, -0.05) is 37.6 Å². The number of benzene rings is 1. The van der Waals surface area contributed by atoms with Gasteiger partial charge in [0.15, 0.2) is 0 Å². The van der Waals surface area contributed by atoms with E-state index in [9.17, 15) is 13.2 Å². The quantitative estimate of drug-likeness (QED) is 0.746. The molecular weight excluding hydrogens is 398 g/mol. The van der Waals surface area contributed by atoms with Crippen molar-refractivity contribution in [2.75, 3.05) is 18.4 Å². The van der Waals surface area contributed by atoms with Gasteiger partial charge in [0, 0.05) is 30.4 Å². The predicted molar refractivity (Wildman–Crippen MR) is 110 cm³/mol. The number of carbonyl (C=O) groups excluding carboxylic acids is 1. The molecule has 6 nitrogen and oxygen atoms in total. The molecule has 1 saturated heterocycles. The third kappa shape index (κ3) is 4.37. The maximum absolute atomic E-state index is 12.8. The van der Waals surface area contributed by atoms with Gasteiger partial charge in [-0.05, 0) is 49.1 Å². The Morgan fingerprint density at radius 1 is 1.18 bits per heavy atom. The van der Waals surface area contributed by atoms with Crippen LogP contribution in [0.3, 0.4) is 0 Å². The number of hydrogen-bond donors (Lipinski definition) is 1. The summed E-state index contributed by atoms with van der Waals surface area (Å²) in [5, 5.41) is 3.21. The van der Waals surface area contributed by atoms with E-state index in [4.69, 9.17) is 11.6 Å². The predicted octanol–water partition coefficient (Wildman–Crippen LogP) is 3.73. The lowest BCUT2D eigenvalue weighted by molar-refractivity contribution is -0.126. The number of amides is 1. The van der Waals surface area contributed by atoms with E-state index in [-0.39, 0.29) is 29.0 Å². The second-order valence-corrected chi connectivity index (χ2v) is 9.61. The summed E-state index contributed by atoms with van der Waals surface area (Å²) in [6.45, 7) is 4.53. The second kappa shape index (κ2) is 8.19. The Hall–Kier alpha value is -1.96. The molecule has 0 aliphatic carbocycles. The number of nitrogens with one attached hydrogen (secondary N) is 1. The fourth-order valence-corrected chi connectivity index (χ4v) is 4.72. The van der Waals surface area contributed by atoms with Gasteiger partial charge in [0.1, 0.15) is 10.0 Å². The number of rotatable bonds is 5. The summed E-state index contributed by atoms with van der Waals surface area (Å²) >= 11 is 5.74. The maximum Gasteiger partial charge on any atom is 0.244 e. The van der Waals surface area contributed by atoms with Gasteiger partial charge in [0.2, 0.25) is 15.9 Å². The Balaban J connectivity index is 1.65. The van der Waals surface area contributed by atoms with Crippen molar-refractivity contribution in [1.82, 2.24) is 9.29 Å². The lowest BCUT2D eigenvalue weighted by atomic mass is 9.80. The van der Waals surface area contributed by atoms with Crippen LogP contribution in [0.4, 0.5) is 5.69 Å². The van der Waals surface area contributed by atoms with E-state index < -0.39 is 15.4 Å². The largest absolute Gasteiger partial charge is 0.326 e. The fourth-order valence-electron chi connectivity index (χ4n) is 3.22. The molecule has 1 aliphatic rings. The first-order chi connectivity index (χ1) is 13.2. The monoisotopic (exact) mass is 421 g/mol. The summed E-state index contributed by atoms with van der Waals surface area (Å²) in [4.78, 5) is 16.8. The highest BCUT2D eigenvalue weighted by Gasteiger charge is 2.40. The molecule has 1 amide bonds. The molecule has 8 heteroatoms. The molecule has 0 bridgehead atoms. The van der Waals surface area contributed by atoms with Crippen molar-refractivity contribution in [2.24, 2.45) is 5.41 Å². The third-order valence-corrected chi connectivity index (χ3v) is 7.44. The molecule has 1 aromatic carbocycles. The van der Waals surface area contributed by atoms with Crippen molar-refractivity contribution in [3.63, 3.8) is 0 Å². The highest BCUT2D eigenvalue weighted by molar-refractivity contribution is 7.89. The van der Waals surface area contributed by atoms with Gasteiger partial charge in [-0.25, -0.2) is 13.4 Å². The summed E-state index contributed by atoms with van der Waals surface area (Å²) in [5.74, 6) is -0.0815. The van der Waals surface area contributed by atoms with Crippen LogP contribution in [0.5, 0.6) is 0 Å². The van der Waals surface area contributed by atoms with E-state index in [0.717, 1.165) is 12.1 Å². The standard InChI is InChI=1S/C20H24ClN3O3S/c1-3-15-4-6-16(7-5-15)23-19(25)20(2)10-12-24(13-11-20)28(26,27)17-8-9-18(21)22-14-17/h4-9,14H,3,10-13H2,1-2H3,(H,23,25). The minimum atomic E-state index is -3.64. The van der Waals surface area contributed by atoms with Crippen molar-refractivity contribution in [1.29, 1.82) is 0 Å². The zero-order chi connectivity index (χ0) is 20.4. The third-order valence-electron chi connectivity index (χ3n) is 5.33. The normalized spacial score (nSPS) is 17.2. The minimum Gasteiger partial charge on any atom is -0.326 e. The Labute approximate surface area is 171 Å². The molecule has 1 N–H and O–H groups in total. The van der Waals surface area contributed by atoms with E-state index in [0.29, 0.717) is 12.8 Å². The van der Waals surface area contributed by atoms with Gasteiger partial charge < -0.3 is 5.32 Å². The van der Waals surface area contributed by atoms with Crippen LogP contribution < -0.4 is 5.32 Å².